The Morgan fingerprint density at radius 2 is 1.88 bits per heavy atom. The summed E-state index contributed by atoms with van der Waals surface area (Å²) >= 11 is 5.97. The van der Waals surface area contributed by atoms with Gasteiger partial charge in [0, 0.05) is 18.2 Å². The minimum Gasteiger partial charge on any atom is -0.402 e. The second-order valence-electron chi connectivity index (χ2n) is 4.69. The normalized spacial score (nSPS) is 15.2. The van der Waals surface area contributed by atoms with E-state index in [0.29, 0.717) is 0 Å². The maximum Gasteiger partial charge on any atom is 0.433 e. The average molecular weight is 364 g/mol. The van der Waals surface area contributed by atoms with E-state index in [0.717, 1.165) is 18.2 Å². The Morgan fingerprint density at radius 1 is 1.12 bits per heavy atom. The van der Waals surface area contributed by atoms with Crippen LogP contribution in [-0.4, -0.2) is 21.7 Å². The van der Waals surface area contributed by atoms with Crippen LogP contribution in [0.4, 0.5) is 11.6 Å². The van der Waals surface area contributed by atoms with Crippen molar-refractivity contribution in [2.75, 3.05) is 0 Å². The SMILES string of the molecule is O=C1OC(c2cc([N+](=O)[O-])ccc2Cl)=N/C1=C\c1ccc([N+](=O)[O-])o1. The average Bonchev–Trinajstić information content (AvgIpc) is 3.15. The summed E-state index contributed by atoms with van der Waals surface area (Å²) in [5.74, 6) is -1.54. The third kappa shape index (κ3) is 3.23. The number of nitro groups is 2. The van der Waals surface area contributed by atoms with Crippen molar-refractivity contribution in [1.29, 1.82) is 0 Å². The highest BCUT2D eigenvalue weighted by atomic mass is 35.5. The van der Waals surface area contributed by atoms with Gasteiger partial charge in [-0.05, 0) is 12.1 Å². The zero-order valence-electron chi connectivity index (χ0n) is 12.0. The van der Waals surface area contributed by atoms with E-state index in [1.165, 1.54) is 18.2 Å². The highest BCUT2D eigenvalue weighted by Gasteiger charge is 2.27. The van der Waals surface area contributed by atoms with Crippen molar-refractivity contribution in [2.24, 2.45) is 4.99 Å². The molecule has 0 saturated carbocycles. The number of nitrogens with zero attached hydrogens (tertiary/aromatic N) is 3. The summed E-state index contributed by atoms with van der Waals surface area (Å²) in [6.07, 6.45) is 1.15. The van der Waals surface area contributed by atoms with Crippen molar-refractivity contribution in [1.82, 2.24) is 0 Å². The fourth-order valence-electron chi connectivity index (χ4n) is 1.97. The summed E-state index contributed by atoms with van der Waals surface area (Å²) in [7, 11) is 0. The molecule has 10 nitrogen and oxygen atoms in total. The molecular weight excluding hydrogens is 358 g/mol. The molecule has 0 radical (unpaired) electrons. The predicted octanol–water partition coefficient (Wildman–Crippen LogP) is 3.09. The number of hydrogen-bond donors (Lipinski definition) is 0. The predicted molar refractivity (Wildman–Crippen MR) is 84.1 cm³/mol. The molecule has 1 aromatic heterocycles. The van der Waals surface area contributed by atoms with Gasteiger partial charge in [-0.1, -0.05) is 11.6 Å². The van der Waals surface area contributed by atoms with Crippen LogP contribution in [-0.2, 0) is 9.53 Å². The Bertz CT molecular complexity index is 977. The van der Waals surface area contributed by atoms with E-state index in [1.807, 2.05) is 0 Å². The summed E-state index contributed by atoms with van der Waals surface area (Å²) in [5.41, 5.74) is -0.378. The van der Waals surface area contributed by atoms with Crippen LogP contribution in [0.5, 0.6) is 0 Å². The van der Waals surface area contributed by atoms with Gasteiger partial charge in [-0.2, -0.15) is 0 Å². The Labute approximate surface area is 143 Å². The fourth-order valence-corrected chi connectivity index (χ4v) is 2.17. The Balaban J connectivity index is 1.97. The number of hydrogen-bond acceptors (Lipinski definition) is 8. The second kappa shape index (κ2) is 6.17. The zero-order valence-corrected chi connectivity index (χ0v) is 12.8. The van der Waals surface area contributed by atoms with Crippen molar-refractivity contribution in [3.05, 3.63) is 72.6 Å². The number of aliphatic imine (C=N–C) groups is 1. The molecule has 126 valence electrons. The van der Waals surface area contributed by atoms with Gasteiger partial charge in [-0.15, -0.1) is 0 Å². The number of non-ortho nitro benzene ring substituents is 1. The third-order valence-corrected chi connectivity index (χ3v) is 3.41. The molecule has 0 amide bonds. The first-order valence-electron chi connectivity index (χ1n) is 6.56. The van der Waals surface area contributed by atoms with Gasteiger partial charge in [-0.25, -0.2) is 9.79 Å². The van der Waals surface area contributed by atoms with Crippen LogP contribution in [0.2, 0.25) is 5.02 Å². The zero-order chi connectivity index (χ0) is 18.1. The maximum absolute atomic E-state index is 11.9. The fraction of sp³-hybridized carbons (Fsp3) is 0. The minimum atomic E-state index is -0.850. The first kappa shape index (κ1) is 16.3. The molecule has 0 bridgehead atoms. The molecule has 0 saturated heterocycles. The van der Waals surface area contributed by atoms with Crippen LogP contribution >= 0.6 is 11.6 Å². The van der Waals surface area contributed by atoms with E-state index in [1.54, 1.807) is 0 Å². The van der Waals surface area contributed by atoms with E-state index in [-0.39, 0.29) is 33.6 Å². The Hall–Kier alpha value is -3.53. The summed E-state index contributed by atoms with van der Waals surface area (Å²) in [6, 6.07) is 6.00. The number of nitro benzene ring substituents is 1. The van der Waals surface area contributed by atoms with Gasteiger partial charge in [0.05, 0.1) is 21.6 Å². The number of rotatable bonds is 4. The lowest BCUT2D eigenvalue weighted by molar-refractivity contribution is -0.402. The lowest BCUT2D eigenvalue weighted by Gasteiger charge is -2.02. The molecule has 25 heavy (non-hydrogen) atoms. The summed E-state index contributed by atoms with van der Waals surface area (Å²) < 4.78 is 9.86. The molecule has 0 N–H and O–H groups in total. The molecule has 1 aliphatic heterocycles. The molecule has 2 heterocycles. The summed E-state index contributed by atoms with van der Waals surface area (Å²) in [5, 5.41) is 21.5. The van der Waals surface area contributed by atoms with Gasteiger partial charge in [0.2, 0.25) is 5.90 Å². The number of esters is 1. The monoisotopic (exact) mass is 363 g/mol. The van der Waals surface area contributed by atoms with Gasteiger partial charge >= 0.3 is 11.9 Å². The number of carbonyl (C=O) groups excluding carboxylic acids is 1. The van der Waals surface area contributed by atoms with Crippen molar-refractivity contribution in [3.8, 4) is 0 Å². The molecule has 3 rings (SSSR count). The number of ether oxygens (including phenoxy) is 1. The van der Waals surface area contributed by atoms with E-state index in [9.17, 15) is 25.0 Å². The molecule has 0 unspecified atom stereocenters. The molecule has 1 aromatic carbocycles. The number of carbonyl (C=O) groups is 1. The highest BCUT2D eigenvalue weighted by Crippen LogP contribution is 2.27. The van der Waals surface area contributed by atoms with Gasteiger partial charge in [-0.3, -0.25) is 20.2 Å². The number of furan rings is 1. The molecule has 0 spiro atoms. The molecule has 2 aromatic rings. The van der Waals surface area contributed by atoms with Crippen LogP contribution in [0.1, 0.15) is 11.3 Å². The summed E-state index contributed by atoms with van der Waals surface area (Å²) in [6.45, 7) is 0. The molecule has 0 atom stereocenters. The lowest BCUT2D eigenvalue weighted by atomic mass is 10.2. The first-order valence-corrected chi connectivity index (χ1v) is 6.94. The van der Waals surface area contributed by atoms with Gasteiger partial charge in [0.1, 0.15) is 10.7 Å². The van der Waals surface area contributed by atoms with Crippen molar-refractivity contribution in [3.63, 3.8) is 0 Å². The van der Waals surface area contributed by atoms with Crippen LogP contribution in [0, 0.1) is 20.2 Å². The van der Waals surface area contributed by atoms with E-state index in [4.69, 9.17) is 20.8 Å². The molecule has 0 aliphatic carbocycles. The van der Waals surface area contributed by atoms with Crippen LogP contribution in [0.3, 0.4) is 0 Å². The number of benzene rings is 1. The number of halogens is 1. The lowest BCUT2D eigenvalue weighted by Crippen LogP contribution is -2.06. The Morgan fingerprint density at radius 3 is 2.52 bits per heavy atom. The quantitative estimate of drug-likeness (QED) is 0.352. The van der Waals surface area contributed by atoms with E-state index < -0.39 is 21.7 Å². The molecule has 11 heteroatoms. The number of cyclic esters (lactones) is 1. The smallest absolute Gasteiger partial charge is 0.402 e. The van der Waals surface area contributed by atoms with Gasteiger partial charge < -0.3 is 9.15 Å². The largest absolute Gasteiger partial charge is 0.433 e. The molecular formula is C14H6ClN3O7. The third-order valence-electron chi connectivity index (χ3n) is 3.08. The first-order chi connectivity index (χ1) is 11.8. The highest BCUT2D eigenvalue weighted by molar-refractivity contribution is 6.34. The maximum atomic E-state index is 11.9. The van der Waals surface area contributed by atoms with Gasteiger partial charge in [0.15, 0.2) is 5.70 Å². The molecule has 0 fully saturated rings. The molecule has 1 aliphatic rings. The van der Waals surface area contributed by atoms with E-state index in [2.05, 4.69) is 4.99 Å². The van der Waals surface area contributed by atoms with Gasteiger partial charge in [0.25, 0.3) is 5.69 Å². The Kier molecular flexibility index (Phi) is 4.03. The standard InChI is InChI=1S/C14H6ClN3O7/c15-10-3-1-7(17(20)21)5-9(10)13-16-11(14(19)25-13)6-8-2-4-12(24-8)18(22)23/h1-6H/b11-6-. The van der Waals surface area contributed by atoms with Crippen molar-refractivity contribution < 1.29 is 23.8 Å². The van der Waals surface area contributed by atoms with Crippen LogP contribution < -0.4 is 0 Å². The summed E-state index contributed by atoms with van der Waals surface area (Å²) in [4.78, 5) is 35.9. The van der Waals surface area contributed by atoms with Crippen LogP contribution in [0.15, 0.2) is 45.4 Å². The second-order valence-corrected chi connectivity index (χ2v) is 5.10. The minimum absolute atomic E-state index is 0.0220. The van der Waals surface area contributed by atoms with Crippen LogP contribution in [0.25, 0.3) is 6.08 Å². The van der Waals surface area contributed by atoms with Crippen molar-refractivity contribution >= 4 is 41.1 Å². The van der Waals surface area contributed by atoms with E-state index >= 15 is 0 Å². The van der Waals surface area contributed by atoms with Crippen molar-refractivity contribution in [2.45, 2.75) is 0 Å². The topological polar surface area (TPSA) is 138 Å².